The van der Waals surface area contributed by atoms with Gasteiger partial charge in [-0.25, -0.2) is 12.8 Å². The molecule has 0 saturated carbocycles. The van der Waals surface area contributed by atoms with Gasteiger partial charge in [-0.2, -0.15) is 0 Å². The number of hydrogen-bond donors (Lipinski definition) is 1. The first kappa shape index (κ1) is 25.1. The van der Waals surface area contributed by atoms with E-state index in [2.05, 4.69) is 14.6 Å². The second-order valence-electron chi connectivity index (χ2n) is 8.82. The number of sulfonamides is 1. The molecule has 0 unspecified atom stereocenters. The number of halogens is 2. The molecule has 0 bridgehead atoms. The Hall–Kier alpha value is -3.53. The highest BCUT2D eigenvalue weighted by molar-refractivity contribution is 7.93. The number of hydrogen-bond acceptors (Lipinski definition) is 5. The van der Waals surface area contributed by atoms with E-state index >= 15 is 0 Å². The fourth-order valence-electron chi connectivity index (χ4n) is 4.37. The van der Waals surface area contributed by atoms with E-state index < -0.39 is 10.0 Å². The summed E-state index contributed by atoms with van der Waals surface area (Å²) >= 11 is 6.14. The lowest BCUT2D eigenvalue weighted by atomic mass is 10.1. The van der Waals surface area contributed by atoms with Gasteiger partial charge in [0, 0.05) is 60.6 Å². The van der Waals surface area contributed by atoms with Gasteiger partial charge in [0.05, 0.1) is 5.52 Å². The highest BCUT2D eigenvalue weighted by Gasteiger charge is 2.23. The number of amides is 1. The average molecular weight is 539 g/mol. The van der Waals surface area contributed by atoms with Crippen molar-refractivity contribution in [3.8, 4) is 0 Å². The quantitative estimate of drug-likeness (QED) is 0.382. The van der Waals surface area contributed by atoms with Crippen LogP contribution in [0.5, 0.6) is 0 Å². The van der Waals surface area contributed by atoms with Crippen molar-refractivity contribution >= 4 is 44.1 Å². The minimum Gasteiger partial charge on any atom is -0.336 e. The Bertz CT molecular complexity index is 1550. The van der Waals surface area contributed by atoms with Crippen LogP contribution in [0.15, 0.2) is 83.9 Å². The Morgan fingerprint density at radius 1 is 0.973 bits per heavy atom. The second-order valence-corrected chi connectivity index (χ2v) is 10.9. The van der Waals surface area contributed by atoms with Crippen molar-refractivity contribution in [3.05, 3.63) is 101 Å². The molecule has 37 heavy (non-hydrogen) atoms. The highest BCUT2D eigenvalue weighted by Crippen LogP contribution is 2.24. The number of rotatable bonds is 6. The summed E-state index contributed by atoms with van der Waals surface area (Å²) in [7, 11) is -3.87. The molecule has 0 aliphatic carbocycles. The molecule has 4 aromatic rings. The highest BCUT2D eigenvalue weighted by atomic mass is 35.5. The largest absolute Gasteiger partial charge is 0.336 e. The summed E-state index contributed by atoms with van der Waals surface area (Å²) in [6.45, 7) is 3.00. The number of nitrogens with zero attached hydrogens (tertiary/aromatic N) is 3. The van der Waals surface area contributed by atoms with Crippen LogP contribution in [0.2, 0.25) is 5.02 Å². The fourth-order valence-corrected chi connectivity index (χ4v) is 5.83. The number of carbonyl (C=O) groups is 1. The van der Waals surface area contributed by atoms with Gasteiger partial charge in [0.1, 0.15) is 10.7 Å². The molecule has 2 heterocycles. The number of benzene rings is 3. The van der Waals surface area contributed by atoms with Gasteiger partial charge in [-0.1, -0.05) is 35.9 Å². The van der Waals surface area contributed by atoms with Crippen LogP contribution in [0.3, 0.4) is 0 Å². The molecule has 10 heteroatoms. The van der Waals surface area contributed by atoms with Crippen LogP contribution < -0.4 is 4.72 Å². The predicted octanol–water partition coefficient (Wildman–Crippen LogP) is 4.79. The van der Waals surface area contributed by atoms with Crippen molar-refractivity contribution < 1.29 is 17.6 Å². The summed E-state index contributed by atoms with van der Waals surface area (Å²) in [4.78, 5) is 21.3. The SMILES string of the molecule is O=C(c1ccc(NS(=O)(=O)c2cccc3cccnc23)cc1)N1CCN(Cc2ccc(F)cc2Cl)CC1. The molecule has 1 amide bonds. The number of anilines is 1. The molecule has 3 aromatic carbocycles. The number of fused-ring (bicyclic) bond motifs is 1. The van der Waals surface area contributed by atoms with Crippen LogP contribution in [0, 0.1) is 5.82 Å². The molecule has 1 saturated heterocycles. The van der Waals surface area contributed by atoms with Gasteiger partial charge in [-0.05, 0) is 54.1 Å². The fraction of sp³-hybridized carbons (Fsp3) is 0.185. The number of carbonyl (C=O) groups excluding carboxylic acids is 1. The lowest BCUT2D eigenvalue weighted by Gasteiger charge is -2.35. The van der Waals surface area contributed by atoms with Crippen molar-refractivity contribution in [2.45, 2.75) is 11.4 Å². The normalized spacial score (nSPS) is 14.6. The van der Waals surface area contributed by atoms with E-state index in [9.17, 15) is 17.6 Å². The zero-order valence-electron chi connectivity index (χ0n) is 19.8. The molecule has 1 N–H and O–H groups in total. The Labute approximate surface area is 219 Å². The first-order valence-corrected chi connectivity index (χ1v) is 13.6. The van der Waals surface area contributed by atoms with Crippen LogP contribution in [0.4, 0.5) is 10.1 Å². The molecular weight excluding hydrogens is 515 g/mol. The van der Waals surface area contributed by atoms with Crippen LogP contribution in [0.25, 0.3) is 10.9 Å². The molecule has 1 aliphatic rings. The Morgan fingerprint density at radius 3 is 2.43 bits per heavy atom. The smallest absolute Gasteiger partial charge is 0.264 e. The molecule has 0 atom stereocenters. The molecule has 5 rings (SSSR count). The molecule has 1 fully saturated rings. The zero-order chi connectivity index (χ0) is 26.0. The number of para-hydroxylation sites is 1. The third kappa shape index (κ3) is 5.58. The van der Waals surface area contributed by atoms with Crippen molar-refractivity contribution in [3.63, 3.8) is 0 Å². The molecule has 1 aromatic heterocycles. The molecule has 1 aliphatic heterocycles. The molecule has 190 valence electrons. The summed E-state index contributed by atoms with van der Waals surface area (Å²) in [5, 5.41) is 1.12. The molecule has 0 radical (unpaired) electrons. The van der Waals surface area contributed by atoms with E-state index in [1.54, 1.807) is 65.7 Å². The van der Waals surface area contributed by atoms with E-state index in [4.69, 9.17) is 11.6 Å². The van der Waals surface area contributed by atoms with Gasteiger partial charge in [0.2, 0.25) is 0 Å². The monoisotopic (exact) mass is 538 g/mol. The topological polar surface area (TPSA) is 82.6 Å². The zero-order valence-corrected chi connectivity index (χ0v) is 21.3. The van der Waals surface area contributed by atoms with Crippen LogP contribution in [-0.4, -0.2) is 55.3 Å². The van der Waals surface area contributed by atoms with Crippen molar-refractivity contribution in [1.82, 2.24) is 14.8 Å². The Balaban J connectivity index is 1.21. The second kappa shape index (κ2) is 10.5. The van der Waals surface area contributed by atoms with E-state index in [1.165, 1.54) is 18.2 Å². The van der Waals surface area contributed by atoms with E-state index in [0.29, 0.717) is 54.5 Å². The third-order valence-electron chi connectivity index (χ3n) is 6.34. The number of piperazine rings is 1. The van der Waals surface area contributed by atoms with Crippen molar-refractivity contribution in [1.29, 1.82) is 0 Å². The summed E-state index contributed by atoms with van der Waals surface area (Å²) in [5.41, 5.74) is 2.07. The van der Waals surface area contributed by atoms with Gasteiger partial charge in [0.15, 0.2) is 0 Å². The van der Waals surface area contributed by atoms with E-state index in [-0.39, 0.29) is 16.6 Å². The first-order valence-electron chi connectivity index (χ1n) is 11.7. The first-order chi connectivity index (χ1) is 17.8. The van der Waals surface area contributed by atoms with Gasteiger partial charge >= 0.3 is 0 Å². The summed E-state index contributed by atoms with van der Waals surface area (Å²) < 4.78 is 41.9. The molecular formula is C27H24ClFN4O3S. The average Bonchev–Trinajstić information content (AvgIpc) is 2.90. The maximum atomic E-state index is 13.3. The Morgan fingerprint density at radius 2 is 1.70 bits per heavy atom. The number of aromatic nitrogens is 1. The van der Waals surface area contributed by atoms with Gasteiger partial charge in [-0.3, -0.25) is 19.4 Å². The lowest BCUT2D eigenvalue weighted by molar-refractivity contribution is 0.0628. The number of pyridine rings is 1. The Kier molecular flexibility index (Phi) is 7.10. The van der Waals surface area contributed by atoms with E-state index in [0.717, 1.165) is 10.9 Å². The predicted molar refractivity (Wildman–Crippen MR) is 142 cm³/mol. The van der Waals surface area contributed by atoms with Gasteiger partial charge < -0.3 is 4.90 Å². The minimum atomic E-state index is -3.87. The van der Waals surface area contributed by atoms with Crippen molar-refractivity contribution in [2.75, 3.05) is 30.9 Å². The van der Waals surface area contributed by atoms with Gasteiger partial charge in [-0.15, -0.1) is 0 Å². The summed E-state index contributed by atoms with van der Waals surface area (Å²) in [5.74, 6) is -0.485. The summed E-state index contributed by atoms with van der Waals surface area (Å²) in [6.07, 6.45) is 1.56. The van der Waals surface area contributed by atoms with Crippen molar-refractivity contribution in [2.24, 2.45) is 0 Å². The van der Waals surface area contributed by atoms with Crippen LogP contribution in [0.1, 0.15) is 15.9 Å². The minimum absolute atomic E-state index is 0.0885. The maximum absolute atomic E-state index is 13.3. The maximum Gasteiger partial charge on any atom is 0.264 e. The number of nitrogens with one attached hydrogen (secondary N) is 1. The molecule has 7 nitrogen and oxygen atoms in total. The summed E-state index contributed by atoms with van der Waals surface area (Å²) in [6, 6.07) is 19.3. The van der Waals surface area contributed by atoms with Crippen LogP contribution >= 0.6 is 11.6 Å². The third-order valence-corrected chi connectivity index (χ3v) is 8.10. The standard InChI is InChI=1S/C27H24ClFN4O3S/c28-24-17-22(29)9-6-21(24)18-32-13-15-33(16-14-32)27(34)20-7-10-23(11-8-20)31-37(35,36)25-5-1-3-19-4-2-12-30-26(19)25/h1-12,17,31H,13-16,18H2. The molecule has 0 spiro atoms. The van der Waals surface area contributed by atoms with Gasteiger partial charge in [0.25, 0.3) is 15.9 Å². The van der Waals surface area contributed by atoms with E-state index in [1.807, 2.05) is 0 Å². The van der Waals surface area contributed by atoms with Crippen LogP contribution in [-0.2, 0) is 16.6 Å². The lowest BCUT2D eigenvalue weighted by Crippen LogP contribution is -2.48.